The van der Waals surface area contributed by atoms with Crippen LogP contribution in [0.15, 0.2) is 47.4 Å². The second-order valence-corrected chi connectivity index (χ2v) is 8.09. The Morgan fingerprint density at radius 2 is 1.72 bits per heavy atom. The van der Waals surface area contributed by atoms with Crippen molar-refractivity contribution in [1.82, 2.24) is 9.62 Å². The van der Waals surface area contributed by atoms with Crippen LogP contribution in [0.4, 0.5) is 17.1 Å². The van der Waals surface area contributed by atoms with Crippen LogP contribution in [0.5, 0.6) is 5.75 Å². The summed E-state index contributed by atoms with van der Waals surface area (Å²) in [6.07, 6.45) is 0. The Hall–Kier alpha value is -2.78. The van der Waals surface area contributed by atoms with E-state index in [0.29, 0.717) is 30.2 Å². The first kappa shape index (κ1) is 22.5. The molecular formula is C20H28N4O4S. The van der Waals surface area contributed by atoms with Gasteiger partial charge in [-0.3, -0.25) is 4.79 Å². The second kappa shape index (κ2) is 10.1. The van der Waals surface area contributed by atoms with Gasteiger partial charge in [-0.05, 0) is 30.3 Å². The number of ether oxygens (including phenoxy) is 1. The van der Waals surface area contributed by atoms with Gasteiger partial charge in [-0.15, -0.1) is 0 Å². The molecule has 0 unspecified atom stereocenters. The standard InChI is InChI=1S/C20H28N4O4S/c1-5-24(6-2)29(26,27)15-11-12-16(18(13-15)22-14-20(25)21-3)23-17-9-7-8-10-19(17)28-4/h7-13,22-23H,5-6,14H2,1-4H3,(H,21,25). The Morgan fingerprint density at radius 3 is 2.34 bits per heavy atom. The smallest absolute Gasteiger partial charge is 0.243 e. The first-order valence-electron chi connectivity index (χ1n) is 9.36. The number of likely N-dealkylation sites (N-methyl/N-ethyl adjacent to an activating group) is 1. The molecule has 2 aromatic rings. The molecule has 0 fully saturated rings. The zero-order valence-corrected chi connectivity index (χ0v) is 18.0. The molecule has 158 valence electrons. The zero-order valence-electron chi connectivity index (χ0n) is 17.2. The molecule has 3 N–H and O–H groups in total. The molecule has 0 aliphatic rings. The first-order valence-corrected chi connectivity index (χ1v) is 10.8. The summed E-state index contributed by atoms with van der Waals surface area (Å²) >= 11 is 0. The molecule has 0 heterocycles. The van der Waals surface area contributed by atoms with E-state index in [4.69, 9.17) is 4.74 Å². The highest BCUT2D eigenvalue weighted by Crippen LogP contribution is 2.33. The van der Waals surface area contributed by atoms with Crippen molar-refractivity contribution in [1.29, 1.82) is 0 Å². The molecule has 2 aromatic carbocycles. The van der Waals surface area contributed by atoms with Crippen LogP contribution >= 0.6 is 0 Å². The third kappa shape index (κ3) is 5.39. The van der Waals surface area contributed by atoms with E-state index in [1.807, 2.05) is 24.3 Å². The minimum atomic E-state index is -3.63. The molecule has 0 aliphatic heterocycles. The Kier molecular flexibility index (Phi) is 7.86. The molecule has 0 bridgehead atoms. The summed E-state index contributed by atoms with van der Waals surface area (Å²) in [7, 11) is -0.515. The summed E-state index contributed by atoms with van der Waals surface area (Å²) < 4.78 is 32.5. The number of methoxy groups -OCH3 is 1. The quantitative estimate of drug-likeness (QED) is 0.546. The average Bonchev–Trinajstić information content (AvgIpc) is 2.73. The number of para-hydroxylation sites is 2. The molecule has 9 heteroatoms. The van der Waals surface area contributed by atoms with E-state index in [1.54, 1.807) is 40.1 Å². The van der Waals surface area contributed by atoms with Crippen LogP contribution in [0.25, 0.3) is 0 Å². The van der Waals surface area contributed by atoms with E-state index in [1.165, 1.54) is 10.4 Å². The molecule has 8 nitrogen and oxygen atoms in total. The SMILES string of the molecule is CCN(CC)S(=O)(=O)c1ccc(Nc2ccccc2OC)c(NCC(=O)NC)c1. The van der Waals surface area contributed by atoms with Crippen molar-refractivity contribution in [3.63, 3.8) is 0 Å². The van der Waals surface area contributed by atoms with Crippen LogP contribution < -0.4 is 20.7 Å². The van der Waals surface area contributed by atoms with Gasteiger partial charge in [-0.2, -0.15) is 4.31 Å². The molecule has 1 amide bonds. The number of hydrogen-bond donors (Lipinski definition) is 3. The zero-order chi connectivity index (χ0) is 21.4. The number of amides is 1. The number of nitrogens with zero attached hydrogens (tertiary/aromatic N) is 1. The number of benzene rings is 2. The van der Waals surface area contributed by atoms with Gasteiger partial charge in [0.05, 0.1) is 35.6 Å². The predicted molar refractivity (Wildman–Crippen MR) is 115 cm³/mol. The van der Waals surface area contributed by atoms with Crippen molar-refractivity contribution < 1.29 is 17.9 Å². The fraction of sp³-hybridized carbons (Fsp3) is 0.350. The van der Waals surface area contributed by atoms with Gasteiger partial charge in [-0.1, -0.05) is 26.0 Å². The summed E-state index contributed by atoms with van der Waals surface area (Å²) in [5.41, 5.74) is 1.84. The number of nitrogens with one attached hydrogen (secondary N) is 3. The topological polar surface area (TPSA) is 99.8 Å². The Bertz CT molecular complexity index is 943. The average molecular weight is 421 g/mol. The van der Waals surface area contributed by atoms with Gasteiger partial charge < -0.3 is 20.7 Å². The van der Waals surface area contributed by atoms with Crippen molar-refractivity contribution in [2.75, 3.05) is 44.4 Å². The molecule has 0 saturated carbocycles. The highest BCUT2D eigenvalue weighted by Gasteiger charge is 2.23. The first-order chi connectivity index (χ1) is 13.9. The summed E-state index contributed by atoms with van der Waals surface area (Å²) in [5, 5.41) is 8.79. The van der Waals surface area contributed by atoms with Gasteiger partial charge in [0.25, 0.3) is 0 Å². The predicted octanol–water partition coefficient (Wildman–Crippen LogP) is 2.63. The van der Waals surface area contributed by atoms with E-state index in [2.05, 4.69) is 16.0 Å². The summed E-state index contributed by atoms with van der Waals surface area (Å²) in [6, 6.07) is 12.1. The van der Waals surface area contributed by atoms with E-state index < -0.39 is 10.0 Å². The van der Waals surface area contributed by atoms with Crippen molar-refractivity contribution in [3.05, 3.63) is 42.5 Å². The molecule has 0 aliphatic carbocycles. The monoisotopic (exact) mass is 420 g/mol. The van der Waals surface area contributed by atoms with Crippen molar-refractivity contribution in [2.24, 2.45) is 0 Å². The number of anilines is 3. The van der Waals surface area contributed by atoms with Crippen LogP contribution in [-0.2, 0) is 14.8 Å². The molecular weight excluding hydrogens is 392 g/mol. The van der Waals surface area contributed by atoms with Gasteiger partial charge in [0.1, 0.15) is 5.75 Å². The number of rotatable bonds is 10. The molecule has 0 saturated heterocycles. The molecule has 0 aromatic heterocycles. The molecule has 0 spiro atoms. The number of carbonyl (C=O) groups is 1. The van der Waals surface area contributed by atoms with Crippen LogP contribution in [0.1, 0.15) is 13.8 Å². The largest absolute Gasteiger partial charge is 0.495 e. The lowest BCUT2D eigenvalue weighted by molar-refractivity contribution is -0.118. The van der Waals surface area contributed by atoms with E-state index >= 15 is 0 Å². The van der Waals surface area contributed by atoms with E-state index in [-0.39, 0.29) is 17.3 Å². The van der Waals surface area contributed by atoms with Crippen LogP contribution in [-0.4, -0.2) is 52.4 Å². The second-order valence-electron chi connectivity index (χ2n) is 6.15. The lowest BCUT2D eigenvalue weighted by Gasteiger charge is -2.21. The van der Waals surface area contributed by atoms with E-state index in [0.717, 1.165) is 5.69 Å². The molecule has 0 atom stereocenters. The molecule has 29 heavy (non-hydrogen) atoms. The van der Waals surface area contributed by atoms with Gasteiger partial charge >= 0.3 is 0 Å². The maximum Gasteiger partial charge on any atom is 0.243 e. The summed E-state index contributed by atoms with van der Waals surface area (Å²) in [5.74, 6) is 0.426. The van der Waals surface area contributed by atoms with Crippen molar-refractivity contribution >= 4 is 33.0 Å². The lowest BCUT2D eigenvalue weighted by Crippen LogP contribution is -2.30. The lowest BCUT2D eigenvalue weighted by atomic mass is 10.2. The molecule has 2 rings (SSSR count). The third-order valence-corrected chi connectivity index (χ3v) is 6.47. The number of hydrogen-bond acceptors (Lipinski definition) is 6. The Morgan fingerprint density at radius 1 is 1.03 bits per heavy atom. The van der Waals surface area contributed by atoms with Crippen molar-refractivity contribution in [3.8, 4) is 5.75 Å². The summed E-state index contributed by atoms with van der Waals surface area (Å²) in [6.45, 7) is 4.35. The van der Waals surface area contributed by atoms with E-state index in [9.17, 15) is 13.2 Å². The van der Waals surface area contributed by atoms with Crippen molar-refractivity contribution in [2.45, 2.75) is 18.7 Å². The fourth-order valence-corrected chi connectivity index (χ4v) is 4.29. The van der Waals surface area contributed by atoms with Crippen LogP contribution in [0, 0.1) is 0 Å². The van der Waals surface area contributed by atoms with Gasteiger partial charge in [-0.25, -0.2) is 8.42 Å². The van der Waals surface area contributed by atoms with Crippen LogP contribution in [0.2, 0.25) is 0 Å². The normalized spacial score (nSPS) is 11.2. The third-order valence-electron chi connectivity index (χ3n) is 4.43. The maximum absolute atomic E-state index is 12.9. The minimum Gasteiger partial charge on any atom is -0.495 e. The highest BCUT2D eigenvalue weighted by atomic mass is 32.2. The maximum atomic E-state index is 12.9. The number of carbonyl (C=O) groups excluding carboxylic acids is 1. The molecule has 0 radical (unpaired) electrons. The number of sulfonamides is 1. The highest BCUT2D eigenvalue weighted by molar-refractivity contribution is 7.89. The minimum absolute atomic E-state index is 0.00583. The van der Waals surface area contributed by atoms with Gasteiger partial charge in [0.15, 0.2) is 0 Å². The van der Waals surface area contributed by atoms with Gasteiger partial charge in [0, 0.05) is 20.1 Å². The van der Waals surface area contributed by atoms with Gasteiger partial charge in [0.2, 0.25) is 15.9 Å². The Balaban J connectivity index is 2.46. The summed E-state index contributed by atoms with van der Waals surface area (Å²) in [4.78, 5) is 11.9. The fourth-order valence-electron chi connectivity index (χ4n) is 2.81. The Labute approximate surface area is 172 Å². The van der Waals surface area contributed by atoms with Crippen LogP contribution in [0.3, 0.4) is 0 Å².